The van der Waals surface area contributed by atoms with E-state index in [1.807, 2.05) is 24.4 Å². The zero-order valence-corrected chi connectivity index (χ0v) is 19.0. The van der Waals surface area contributed by atoms with Crippen LogP contribution in [0.4, 0.5) is 5.69 Å². The number of carbonyl (C=O) groups is 2. The van der Waals surface area contributed by atoms with Crippen molar-refractivity contribution in [3.8, 4) is 10.7 Å². The number of anilines is 1. The minimum atomic E-state index is -0.357. The molecule has 1 aromatic carbocycles. The van der Waals surface area contributed by atoms with Gasteiger partial charge < -0.3 is 14.6 Å². The average Bonchev–Trinajstić information content (AvgIpc) is 3.48. The van der Waals surface area contributed by atoms with Gasteiger partial charge in [0.1, 0.15) is 0 Å². The number of esters is 1. The molecule has 0 unspecified atom stereocenters. The van der Waals surface area contributed by atoms with Gasteiger partial charge in [0.15, 0.2) is 0 Å². The van der Waals surface area contributed by atoms with Crippen LogP contribution >= 0.6 is 11.3 Å². The summed E-state index contributed by atoms with van der Waals surface area (Å²) >= 11 is 1.58. The largest absolute Gasteiger partial charge is 0.462 e. The van der Waals surface area contributed by atoms with Crippen LogP contribution in [0, 0.1) is 12.8 Å². The minimum absolute atomic E-state index is 0.00871. The van der Waals surface area contributed by atoms with E-state index in [-0.39, 0.29) is 17.8 Å². The Bertz CT molecular complexity index is 1070. The fraction of sp³-hybridized carbons (Fsp3) is 0.391. The van der Waals surface area contributed by atoms with Gasteiger partial charge in [0, 0.05) is 11.6 Å². The Morgan fingerprint density at radius 3 is 2.78 bits per heavy atom. The van der Waals surface area contributed by atoms with Crippen molar-refractivity contribution in [3.05, 3.63) is 52.7 Å². The number of carbonyl (C=O) groups excluding carboxylic acids is 2. The topological polar surface area (TPSA) is 97.6 Å². The van der Waals surface area contributed by atoms with Gasteiger partial charge >= 0.3 is 5.97 Å². The lowest BCUT2D eigenvalue weighted by Crippen LogP contribution is -2.37. The van der Waals surface area contributed by atoms with Gasteiger partial charge in [-0.3, -0.25) is 9.69 Å². The lowest BCUT2D eigenvalue weighted by Gasteiger charge is -2.30. The summed E-state index contributed by atoms with van der Waals surface area (Å²) in [4.78, 5) is 32.3. The Kier molecular flexibility index (Phi) is 6.96. The molecule has 1 amide bonds. The van der Waals surface area contributed by atoms with Crippen LogP contribution < -0.4 is 5.32 Å². The summed E-state index contributed by atoms with van der Waals surface area (Å²) in [6.45, 7) is 6.13. The highest BCUT2D eigenvalue weighted by Crippen LogP contribution is 2.25. The van der Waals surface area contributed by atoms with Gasteiger partial charge in [-0.2, -0.15) is 4.98 Å². The molecule has 0 saturated carbocycles. The number of thiophene rings is 1. The second-order valence-corrected chi connectivity index (χ2v) is 8.73. The molecule has 9 heteroatoms. The first-order chi connectivity index (χ1) is 15.5. The highest BCUT2D eigenvalue weighted by molar-refractivity contribution is 7.13. The molecule has 8 nitrogen and oxygen atoms in total. The summed E-state index contributed by atoms with van der Waals surface area (Å²) in [5.41, 5.74) is 2.04. The van der Waals surface area contributed by atoms with Gasteiger partial charge in [-0.05, 0) is 75.0 Å². The first kappa shape index (κ1) is 22.2. The Balaban J connectivity index is 1.28. The molecule has 32 heavy (non-hydrogen) atoms. The van der Waals surface area contributed by atoms with E-state index in [1.54, 1.807) is 36.5 Å². The van der Waals surface area contributed by atoms with Crippen LogP contribution in [0.3, 0.4) is 0 Å². The highest BCUT2D eigenvalue weighted by atomic mass is 32.1. The Labute approximate surface area is 190 Å². The smallest absolute Gasteiger partial charge is 0.338 e. The Hall–Kier alpha value is -3.04. The number of nitrogens with zero attached hydrogens (tertiary/aromatic N) is 3. The van der Waals surface area contributed by atoms with Crippen LogP contribution in [0.1, 0.15) is 41.6 Å². The van der Waals surface area contributed by atoms with E-state index in [0.717, 1.165) is 42.1 Å². The average molecular weight is 455 g/mol. The van der Waals surface area contributed by atoms with Crippen molar-refractivity contribution in [2.45, 2.75) is 33.2 Å². The zero-order chi connectivity index (χ0) is 22.5. The third-order valence-corrected chi connectivity index (χ3v) is 6.39. The van der Waals surface area contributed by atoms with Crippen LogP contribution in [-0.4, -0.2) is 46.6 Å². The quantitative estimate of drug-likeness (QED) is 0.536. The molecule has 1 aliphatic heterocycles. The molecule has 3 heterocycles. The fourth-order valence-electron chi connectivity index (χ4n) is 3.75. The second-order valence-electron chi connectivity index (χ2n) is 7.78. The number of rotatable bonds is 7. The number of aryl methyl sites for hydroxylation is 1. The number of amides is 1. The molecule has 1 fully saturated rings. The maximum absolute atomic E-state index is 12.8. The van der Waals surface area contributed by atoms with Crippen molar-refractivity contribution in [3.63, 3.8) is 0 Å². The molecule has 1 aliphatic rings. The van der Waals surface area contributed by atoms with Crippen molar-refractivity contribution < 1.29 is 18.8 Å². The fourth-order valence-corrected chi connectivity index (χ4v) is 4.40. The molecule has 0 aliphatic carbocycles. The molecule has 168 valence electrons. The zero-order valence-electron chi connectivity index (χ0n) is 18.2. The van der Waals surface area contributed by atoms with Crippen molar-refractivity contribution in [2.24, 2.45) is 5.92 Å². The number of hydrogen-bond acceptors (Lipinski definition) is 8. The first-order valence-corrected chi connectivity index (χ1v) is 11.6. The summed E-state index contributed by atoms with van der Waals surface area (Å²) in [7, 11) is 0. The molecule has 4 rings (SSSR count). The van der Waals surface area contributed by atoms with Gasteiger partial charge in [0.05, 0.1) is 23.6 Å². The van der Waals surface area contributed by atoms with Gasteiger partial charge in [0.25, 0.3) is 0 Å². The summed E-state index contributed by atoms with van der Waals surface area (Å²) in [5, 5.41) is 9.05. The van der Waals surface area contributed by atoms with E-state index in [4.69, 9.17) is 9.26 Å². The van der Waals surface area contributed by atoms with Crippen LogP contribution in [0.2, 0.25) is 0 Å². The molecule has 2 aromatic heterocycles. The molecule has 0 bridgehead atoms. The van der Waals surface area contributed by atoms with Crippen molar-refractivity contribution in [1.82, 2.24) is 15.0 Å². The van der Waals surface area contributed by atoms with Gasteiger partial charge in [-0.15, -0.1) is 11.3 Å². The molecule has 0 spiro atoms. The minimum Gasteiger partial charge on any atom is -0.462 e. The molecule has 0 atom stereocenters. The molecular formula is C23H26N4O4S. The number of nitrogens with one attached hydrogen (secondary N) is 1. The van der Waals surface area contributed by atoms with Crippen LogP contribution in [0.25, 0.3) is 10.7 Å². The van der Waals surface area contributed by atoms with E-state index in [2.05, 4.69) is 20.4 Å². The normalized spacial score (nSPS) is 14.9. The van der Waals surface area contributed by atoms with E-state index >= 15 is 0 Å². The summed E-state index contributed by atoms with van der Waals surface area (Å²) < 4.78 is 10.4. The number of likely N-dealkylation sites (tertiary alicyclic amines) is 1. The predicted molar refractivity (Wildman–Crippen MR) is 121 cm³/mol. The summed E-state index contributed by atoms with van der Waals surface area (Å²) in [5.74, 6) is 0.806. The SMILES string of the molecule is CCOC(=O)c1ccc(NC(=O)C2CCN(Cc3nc(-c4cccs4)no3)CC2)c(C)c1. The Morgan fingerprint density at radius 2 is 2.09 bits per heavy atom. The van der Waals surface area contributed by atoms with E-state index in [1.165, 1.54) is 0 Å². The third-order valence-electron chi connectivity index (χ3n) is 5.52. The van der Waals surface area contributed by atoms with Gasteiger partial charge in [-0.1, -0.05) is 11.2 Å². The monoisotopic (exact) mass is 454 g/mol. The summed E-state index contributed by atoms with van der Waals surface area (Å²) in [6, 6.07) is 9.11. The van der Waals surface area contributed by atoms with Crippen molar-refractivity contribution in [1.29, 1.82) is 0 Å². The Morgan fingerprint density at radius 1 is 1.28 bits per heavy atom. The lowest BCUT2D eigenvalue weighted by molar-refractivity contribution is -0.121. The molecular weight excluding hydrogens is 428 g/mol. The van der Waals surface area contributed by atoms with E-state index in [9.17, 15) is 9.59 Å². The molecule has 1 saturated heterocycles. The van der Waals surface area contributed by atoms with Crippen LogP contribution in [0.15, 0.2) is 40.2 Å². The molecule has 0 radical (unpaired) electrons. The third kappa shape index (κ3) is 5.23. The molecule has 3 aromatic rings. The van der Waals surface area contributed by atoms with Crippen molar-refractivity contribution >= 4 is 28.9 Å². The predicted octanol–water partition coefficient (Wildman–Crippen LogP) is 4.13. The number of piperidine rings is 1. The van der Waals surface area contributed by atoms with Gasteiger partial charge in [0.2, 0.25) is 17.6 Å². The lowest BCUT2D eigenvalue weighted by atomic mass is 9.95. The maximum atomic E-state index is 12.8. The highest BCUT2D eigenvalue weighted by Gasteiger charge is 2.26. The second kappa shape index (κ2) is 10.1. The number of aromatic nitrogens is 2. The van der Waals surface area contributed by atoms with Crippen LogP contribution in [0.5, 0.6) is 0 Å². The standard InChI is InChI=1S/C23H26N4O4S/c1-3-30-23(29)17-6-7-18(15(2)13-17)24-22(28)16-8-10-27(11-9-16)14-20-25-21(26-31-20)19-5-4-12-32-19/h4-7,12-13,16H,3,8-11,14H2,1-2H3,(H,24,28). The van der Waals surface area contributed by atoms with Gasteiger partial charge in [-0.25, -0.2) is 4.79 Å². The van der Waals surface area contributed by atoms with E-state index < -0.39 is 0 Å². The summed E-state index contributed by atoms with van der Waals surface area (Å²) in [6.07, 6.45) is 1.52. The van der Waals surface area contributed by atoms with E-state index in [0.29, 0.717) is 30.4 Å². The molecule has 1 N–H and O–H groups in total. The van der Waals surface area contributed by atoms with Crippen LogP contribution in [-0.2, 0) is 16.1 Å². The number of hydrogen-bond donors (Lipinski definition) is 1. The number of ether oxygens (including phenoxy) is 1. The first-order valence-electron chi connectivity index (χ1n) is 10.7. The van der Waals surface area contributed by atoms with Crippen molar-refractivity contribution in [2.75, 3.05) is 25.0 Å². The maximum Gasteiger partial charge on any atom is 0.338 e. The number of benzene rings is 1.